The van der Waals surface area contributed by atoms with Crippen molar-refractivity contribution < 1.29 is 13.5 Å². The van der Waals surface area contributed by atoms with E-state index in [2.05, 4.69) is 0 Å². The van der Waals surface area contributed by atoms with Crippen molar-refractivity contribution in [3.8, 4) is 0 Å². The normalized spacial score (nSPS) is 13.5. The number of rotatable bonds is 7. The number of benzene rings is 1. The molecule has 0 bridgehead atoms. The molecule has 0 radical (unpaired) electrons. The van der Waals surface area contributed by atoms with E-state index in [-0.39, 0.29) is 24.0 Å². The van der Waals surface area contributed by atoms with Crippen LogP contribution in [0, 0.1) is 12.8 Å². The predicted molar refractivity (Wildman–Crippen MR) is 74.4 cm³/mol. The molecular formula is C14H22O3S. The number of sulfone groups is 1. The van der Waals surface area contributed by atoms with Gasteiger partial charge in [0.05, 0.1) is 5.75 Å². The van der Waals surface area contributed by atoms with Crippen molar-refractivity contribution in [1.82, 2.24) is 0 Å². The van der Waals surface area contributed by atoms with E-state index in [0.29, 0.717) is 6.42 Å². The molecule has 0 aliphatic carbocycles. The molecule has 1 N–H and O–H groups in total. The first-order valence-electron chi connectivity index (χ1n) is 6.33. The zero-order valence-corrected chi connectivity index (χ0v) is 11.9. The summed E-state index contributed by atoms with van der Waals surface area (Å²) in [5.41, 5.74) is 2.35. The molecule has 0 aliphatic heterocycles. The fourth-order valence-corrected chi connectivity index (χ4v) is 2.79. The minimum atomic E-state index is -2.93. The number of hydrogen-bond donors (Lipinski definition) is 1. The van der Waals surface area contributed by atoms with Gasteiger partial charge in [0.1, 0.15) is 9.84 Å². The molecule has 0 saturated heterocycles. The molecule has 0 aliphatic rings. The molecule has 4 heteroatoms. The van der Waals surface area contributed by atoms with Crippen LogP contribution in [-0.4, -0.2) is 31.6 Å². The van der Waals surface area contributed by atoms with Gasteiger partial charge in [0.25, 0.3) is 0 Å². The summed E-state index contributed by atoms with van der Waals surface area (Å²) in [5, 5.41) is 9.32. The predicted octanol–water partition coefficient (Wildman–Crippen LogP) is 1.97. The standard InChI is InChI=1S/C14H22O3S/c1-3-18(16,17)9-8-14(11-15)10-13-6-4-12(2)5-7-13/h4-7,14-15H,3,8-11H2,1-2H3. The third kappa shape index (κ3) is 5.19. The molecule has 0 fully saturated rings. The van der Waals surface area contributed by atoms with Crippen LogP contribution >= 0.6 is 0 Å². The van der Waals surface area contributed by atoms with Gasteiger partial charge in [-0.1, -0.05) is 36.8 Å². The second-order valence-electron chi connectivity index (χ2n) is 4.76. The average molecular weight is 270 g/mol. The van der Waals surface area contributed by atoms with E-state index < -0.39 is 9.84 Å². The van der Waals surface area contributed by atoms with Crippen LogP contribution in [0.25, 0.3) is 0 Å². The molecule has 1 unspecified atom stereocenters. The maximum atomic E-state index is 11.4. The first kappa shape index (κ1) is 15.2. The molecule has 0 saturated carbocycles. The fraction of sp³-hybridized carbons (Fsp3) is 0.571. The average Bonchev–Trinajstić information content (AvgIpc) is 2.37. The third-order valence-corrected chi connectivity index (χ3v) is 4.92. The van der Waals surface area contributed by atoms with Gasteiger partial charge in [0.2, 0.25) is 0 Å². The second kappa shape index (κ2) is 6.90. The molecule has 0 amide bonds. The van der Waals surface area contributed by atoms with Gasteiger partial charge in [-0.3, -0.25) is 0 Å². The van der Waals surface area contributed by atoms with Gasteiger partial charge in [-0.2, -0.15) is 0 Å². The highest BCUT2D eigenvalue weighted by molar-refractivity contribution is 7.91. The van der Waals surface area contributed by atoms with Crippen LogP contribution < -0.4 is 0 Å². The van der Waals surface area contributed by atoms with Crippen LogP contribution in [0.4, 0.5) is 0 Å². The maximum Gasteiger partial charge on any atom is 0.150 e. The number of aryl methyl sites for hydroxylation is 1. The smallest absolute Gasteiger partial charge is 0.150 e. The van der Waals surface area contributed by atoms with Gasteiger partial charge >= 0.3 is 0 Å². The number of hydrogen-bond acceptors (Lipinski definition) is 3. The van der Waals surface area contributed by atoms with Crippen LogP contribution in [0.15, 0.2) is 24.3 Å². The second-order valence-corrected chi connectivity index (χ2v) is 7.24. The van der Waals surface area contributed by atoms with Crippen molar-refractivity contribution in [2.75, 3.05) is 18.1 Å². The van der Waals surface area contributed by atoms with Crippen LogP contribution in [0.1, 0.15) is 24.5 Å². The molecule has 1 atom stereocenters. The maximum absolute atomic E-state index is 11.4. The van der Waals surface area contributed by atoms with Crippen LogP contribution in [-0.2, 0) is 16.3 Å². The van der Waals surface area contributed by atoms with Crippen molar-refractivity contribution in [2.24, 2.45) is 5.92 Å². The van der Waals surface area contributed by atoms with Gasteiger partial charge < -0.3 is 5.11 Å². The molecule has 0 aromatic heterocycles. The SMILES string of the molecule is CCS(=O)(=O)CCC(CO)Cc1ccc(C)cc1. The molecule has 102 valence electrons. The van der Waals surface area contributed by atoms with Gasteiger partial charge in [-0.05, 0) is 31.2 Å². The third-order valence-electron chi connectivity index (χ3n) is 3.18. The Bertz CT molecular complexity index is 448. The summed E-state index contributed by atoms with van der Waals surface area (Å²) < 4.78 is 22.9. The Balaban J connectivity index is 2.54. The van der Waals surface area contributed by atoms with E-state index in [1.807, 2.05) is 31.2 Å². The summed E-state index contributed by atoms with van der Waals surface area (Å²) in [7, 11) is -2.93. The Labute approximate surface area is 110 Å². The highest BCUT2D eigenvalue weighted by atomic mass is 32.2. The Kier molecular flexibility index (Phi) is 5.82. The van der Waals surface area contributed by atoms with E-state index in [0.717, 1.165) is 12.0 Å². The molecule has 1 aromatic carbocycles. The highest BCUT2D eigenvalue weighted by Gasteiger charge is 2.14. The lowest BCUT2D eigenvalue weighted by atomic mass is 9.97. The lowest BCUT2D eigenvalue weighted by molar-refractivity contribution is 0.222. The van der Waals surface area contributed by atoms with Gasteiger partial charge in [-0.15, -0.1) is 0 Å². The van der Waals surface area contributed by atoms with E-state index in [1.165, 1.54) is 5.56 Å². The quantitative estimate of drug-likeness (QED) is 0.824. The van der Waals surface area contributed by atoms with E-state index in [9.17, 15) is 13.5 Å². The summed E-state index contributed by atoms with van der Waals surface area (Å²) in [5.74, 6) is 0.366. The van der Waals surface area contributed by atoms with Gasteiger partial charge in [0, 0.05) is 12.4 Å². The van der Waals surface area contributed by atoms with Crippen molar-refractivity contribution in [3.05, 3.63) is 35.4 Å². The zero-order chi connectivity index (χ0) is 13.6. The lowest BCUT2D eigenvalue weighted by Gasteiger charge is -2.14. The van der Waals surface area contributed by atoms with Crippen LogP contribution in [0.3, 0.4) is 0 Å². The van der Waals surface area contributed by atoms with E-state index >= 15 is 0 Å². The molecule has 1 aromatic rings. The first-order chi connectivity index (χ1) is 8.46. The monoisotopic (exact) mass is 270 g/mol. The minimum Gasteiger partial charge on any atom is -0.396 e. The van der Waals surface area contributed by atoms with Gasteiger partial charge in [0.15, 0.2) is 0 Å². The van der Waals surface area contributed by atoms with E-state index in [1.54, 1.807) is 6.92 Å². The number of aliphatic hydroxyl groups excluding tert-OH is 1. The Morgan fingerprint density at radius 2 is 1.83 bits per heavy atom. The Morgan fingerprint density at radius 3 is 2.33 bits per heavy atom. The number of aliphatic hydroxyl groups is 1. The summed E-state index contributed by atoms with van der Waals surface area (Å²) in [6.45, 7) is 3.72. The van der Waals surface area contributed by atoms with Gasteiger partial charge in [-0.25, -0.2) is 8.42 Å². The van der Waals surface area contributed by atoms with Crippen molar-refractivity contribution in [1.29, 1.82) is 0 Å². The molecule has 0 spiro atoms. The van der Waals surface area contributed by atoms with Crippen LogP contribution in [0.2, 0.25) is 0 Å². The molecule has 1 rings (SSSR count). The molecule has 0 heterocycles. The van der Waals surface area contributed by atoms with Crippen molar-refractivity contribution in [3.63, 3.8) is 0 Å². The van der Waals surface area contributed by atoms with Crippen LogP contribution in [0.5, 0.6) is 0 Å². The topological polar surface area (TPSA) is 54.4 Å². The highest BCUT2D eigenvalue weighted by Crippen LogP contribution is 2.14. The summed E-state index contributed by atoms with van der Waals surface area (Å²) >= 11 is 0. The van der Waals surface area contributed by atoms with E-state index in [4.69, 9.17) is 0 Å². The van der Waals surface area contributed by atoms with Crippen molar-refractivity contribution in [2.45, 2.75) is 26.7 Å². The molecule has 18 heavy (non-hydrogen) atoms. The molecule has 3 nitrogen and oxygen atoms in total. The molecular weight excluding hydrogens is 248 g/mol. The minimum absolute atomic E-state index is 0.0223. The fourth-order valence-electron chi connectivity index (χ4n) is 1.81. The summed E-state index contributed by atoms with van der Waals surface area (Å²) in [6, 6.07) is 8.14. The first-order valence-corrected chi connectivity index (χ1v) is 8.16. The zero-order valence-electron chi connectivity index (χ0n) is 11.1. The van der Waals surface area contributed by atoms with Crippen molar-refractivity contribution >= 4 is 9.84 Å². The lowest BCUT2D eigenvalue weighted by Crippen LogP contribution is -2.17. The Morgan fingerprint density at radius 1 is 1.22 bits per heavy atom. The summed E-state index contributed by atoms with van der Waals surface area (Å²) in [6.07, 6.45) is 1.26. The largest absolute Gasteiger partial charge is 0.396 e. The summed E-state index contributed by atoms with van der Waals surface area (Å²) in [4.78, 5) is 0. The Hall–Kier alpha value is -0.870.